The summed E-state index contributed by atoms with van der Waals surface area (Å²) in [4.78, 5) is 12.4. The highest BCUT2D eigenvalue weighted by Gasteiger charge is 2.30. The molecule has 1 aliphatic heterocycles. The molecule has 1 saturated carbocycles. The summed E-state index contributed by atoms with van der Waals surface area (Å²) in [5.41, 5.74) is 3.52. The van der Waals surface area contributed by atoms with Gasteiger partial charge < -0.3 is 14.6 Å². The van der Waals surface area contributed by atoms with Gasteiger partial charge in [-0.3, -0.25) is 9.89 Å². The second-order valence-electron chi connectivity index (χ2n) is 6.96. The minimum atomic E-state index is -0.448. The number of aromatic nitrogens is 3. The number of fused-ring (bicyclic) bond motifs is 1. The number of aromatic amines is 1. The fraction of sp³-hybridized carbons (Fsp3) is 0.500. The summed E-state index contributed by atoms with van der Waals surface area (Å²) in [7, 11) is 0. The van der Waals surface area contributed by atoms with Gasteiger partial charge in [0.05, 0.1) is 0 Å². The minimum Gasteiger partial charge on any atom is -0.480 e. The third-order valence-corrected chi connectivity index (χ3v) is 5.32. The van der Waals surface area contributed by atoms with E-state index >= 15 is 0 Å². The molecular weight excluding hydrogens is 336 g/mol. The maximum Gasteiger partial charge on any atom is 0.261 e. The van der Waals surface area contributed by atoms with E-state index in [0.29, 0.717) is 30.2 Å². The molecule has 4 rings (SSSR count). The summed E-state index contributed by atoms with van der Waals surface area (Å²) in [5.74, 6) is 2.28. The lowest BCUT2D eigenvalue weighted by Gasteiger charge is -2.12. The smallest absolute Gasteiger partial charge is 0.261 e. The lowest BCUT2D eigenvalue weighted by Crippen LogP contribution is -2.39. The average molecular weight is 358 g/mol. The van der Waals surface area contributed by atoms with Crippen LogP contribution in [0.4, 0.5) is 0 Å². The molecule has 6 nitrogen and oxygen atoms in total. The van der Waals surface area contributed by atoms with Crippen LogP contribution in [0.2, 0.25) is 0 Å². The van der Waals surface area contributed by atoms with Gasteiger partial charge in [0.15, 0.2) is 10.9 Å². The Kier molecular flexibility index (Phi) is 4.11. The Bertz CT molecular complexity index is 851. The molecule has 2 aliphatic rings. The Morgan fingerprint density at radius 3 is 2.92 bits per heavy atom. The third kappa shape index (κ3) is 3.20. The molecule has 7 heteroatoms. The van der Waals surface area contributed by atoms with Crippen molar-refractivity contribution in [3.63, 3.8) is 0 Å². The first-order chi connectivity index (χ1) is 12.0. The Morgan fingerprint density at radius 1 is 1.40 bits per heavy atom. The minimum absolute atomic E-state index is 0.0745. The van der Waals surface area contributed by atoms with Crippen molar-refractivity contribution in [3.05, 3.63) is 39.4 Å². The van der Waals surface area contributed by atoms with Crippen LogP contribution in [0.1, 0.15) is 41.3 Å². The number of H-pyrrole nitrogens is 1. The summed E-state index contributed by atoms with van der Waals surface area (Å²) in [6.45, 7) is 5.28. The van der Waals surface area contributed by atoms with E-state index in [1.807, 2.05) is 10.6 Å². The van der Waals surface area contributed by atoms with Gasteiger partial charge in [0.25, 0.3) is 5.91 Å². The molecule has 0 spiro atoms. The summed E-state index contributed by atoms with van der Waals surface area (Å²) < 4.78 is 8.44. The van der Waals surface area contributed by atoms with Gasteiger partial charge in [-0.15, -0.1) is 0 Å². The number of amides is 1. The lowest BCUT2D eigenvalue weighted by atomic mass is 10.0. The maximum absolute atomic E-state index is 12.4. The van der Waals surface area contributed by atoms with Crippen molar-refractivity contribution in [3.8, 4) is 5.75 Å². The summed E-state index contributed by atoms with van der Waals surface area (Å²) in [5, 5.41) is 10.1. The van der Waals surface area contributed by atoms with Crippen LogP contribution in [-0.2, 0) is 17.8 Å². The number of carbonyl (C=O) groups excluding carboxylic acids is 1. The van der Waals surface area contributed by atoms with Crippen molar-refractivity contribution in [2.45, 2.75) is 51.7 Å². The summed E-state index contributed by atoms with van der Waals surface area (Å²) in [6.07, 6.45) is 2.51. The van der Waals surface area contributed by atoms with Crippen molar-refractivity contribution in [2.24, 2.45) is 0 Å². The Labute approximate surface area is 151 Å². The van der Waals surface area contributed by atoms with E-state index < -0.39 is 6.10 Å². The molecule has 2 aromatic rings. The zero-order valence-electron chi connectivity index (χ0n) is 14.5. The van der Waals surface area contributed by atoms with Gasteiger partial charge in [0.1, 0.15) is 11.6 Å². The van der Waals surface area contributed by atoms with E-state index in [1.165, 1.54) is 24.0 Å². The molecule has 132 valence electrons. The fourth-order valence-corrected chi connectivity index (χ4v) is 3.49. The molecule has 1 aromatic heterocycles. The Hall–Kier alpha value is -2.15. The molecule has 1 amide bonds. The van der Waals surface area contributed by atoms with E-state index in [9.17, 15) is 4.79 Å². The largest absolute Gasteiger partial charge is 0.480 e. The molecule has 1 atom stereocenters. The molecular formula is C18H22N4O2S. The first-order valence-electron chi connectivity index (χ1n) is 8.72. The fourth-order valence-electron chi connectivity index (χ4n) is 3.26. The SMILES string of the molecule is Cc1cc2c(cc1C)OC(C(=O)NCCn1c(C3CC3)n[nH]c1=S)C2. The molecule has 2 heterocycles. The molecule has 0 radical (unpaired) electrons. The second kappa shape index (κ2) is 6.29. The molecule has 0 bridgehead atoms. The number of hydrogen-bond donors (Lipinski definition) is 2. The molecule has 1 fully saturated rings. The standard InChI is InChI=1S/C18H22N4O2S/c1-10-7-13-9-15(24-14(13)8-11(10)2)17(23)19-5-6-22-16(12-3-4-12)20-21-18(22)25/h7-8,12,15H,3-6,9H2,1-2H3,(H,19,23)(H,21,25). The molecule has 1 unspecified atom stereocenters. The predicted molar refractivity (Wildman–Crippen MR) is 96.4 cm³/mol. The van der Waals surface area contributed by atoms with Crippen LogP contribution in [-0.4, -0.2) is 33.3 Å². The van der Waals surface area contributed by atoms with Crippen molar-refractivity contribution in [1.29, 1.82) is 0 Å². The van der Waals surface area contributed by atoms with Crippen molar-refractivity contribution < 1.29 is 9.53 Å². The van der Waals surface area contributed by atoms with Crippen LogP contribution in [0.3, 0.4) is 0 Å². The Balaban J connectivity index is 1.35. The summed E-state index contributed by atoms with van der Waals surface area (Å²) >= 11 is 5.29. The first-order valence-corrected chi connectivity index (χ1v) is 9.13. The Morgan fingerprint density at radius 2 is 2.16 bits per heavy atom. The van der Waals surface area contributed by atoms with E-state index in [4.69, 9.17) is 17.0 Å². The highest BCUT2D eigenvalue weighted by Crippen LogP contribution is 2.38. The van der Waals surface area contributed by atoms with E-state index in [1.54, 1.807) is 0 Å². The number of nitrogens with one attached hydrogen (secondary N) is 2. The zero-order valence-corrected chi connectivity index (χ0v) is 15.3. The number of nitrogens with zero attached hydrogens (tertiary/aromatic N) is 2. The second-order valence-corrected chi connectivity index (χ2v) is 7.35. The van der Waals surface area contributed by atoms with Gasteiger partial charge in [-0.1, -0.05) is 6.07 Å². The van der Waals surface area contributed by atoms with Gasteiger partial charge in [0.2, 0.25) is 0 Å². The van der Waals surface area contributed by atoms with Gasteiger partial charge in [-0.2, -0.15) is 5.10 Å². The van der Waals surface area contributed by atoms with Gasteiger partial charge >= 0.3 is 0 Å². The quantitative estimate of drug-likeness (QED) is 0.806. The van der Waals surface area contributed by atoms with Crippen molar-refractivity contribution in [2.75, 3.05) is 6.54 Å². The third-order valence-electron chi connectivity index (χ3n) is 5.01. The number of benzene rings is 1. The monoisotopic (exact) mass is 358 g/mol. The van der Waals surface area contributed by atoms with Crippen LogP contribution >= 0.6 is 12.2 Å². The van der Waals surface area contributed by atoms with Crippen LogP contribution in [0.15, 0.2) is 12.1 Å². The van der Waals surface area contributed by atoms with Crippen LogP contribution < -0.4 is 10.1 Å². The lowest BCUT2D eigenvalue weighted by molar-refractivity contribution is -0.127. The number of carbonyl (C=O) groups is 1. The number of ether oxygens (including phenoxy) is 1. The maximum atomic E-state index is 12.4. The number of rotatable bonds is 5. The van der Waals surface area contributed by atoms with Gasteiger partial charge in [-0.25, -0.2) is 0 Å². The van der Waals surface area contributed by atoms with Gasteiger partial charge in [0, 0.05) is 25.4 Å². The van der Waals surface area contributed by atoms with Crippen LogP contribution in [0.25, 0.3) is 0 Å². The number of aryl methyl sites for hydroxylation is 2. The zero-order chi connectivity index (χ0) is 17.6. The molecule has 2 N–H and O–H groups in total. The molecule has 1 aliphatic carbocycles. The van der Waals surface area contributed by atoms with E-state index in [2.05, 4.69) is 35.4 Å². The van der Waals surface area contributed by atoms with Crippen LogP contribution in [0, 0.1) is 18.6 Å². The predicted octanol–water partition coefficient (Wildman–Crippen LogP) is 2.55. The van der Waals surface area contributed by atoms with Crippen molar-refractivity contribution >= 4 is 18.1 Å². The molecule has 0 saturated heterocycles. The number of hydrogen-bond acceptors (Lipinski definition) is 4. The summed E-state index contributed by atoms with van der Waals surface area (Å²) in [6, 6.07) is 4.13. The van der Waals surface area contributed by atoms with Crippen LogP contribution in [0.5, 0.6) is 5.75 Å². The highest BCUT2D eigenvalue weighted by atomic mass is 32.1. The normalized spacial score (nSPS) is 18.7. The average Bonchev–Trinajstić information content (AvgIpc) is 3.24. The van der Waals surface area contributed by atoms with Crippen molar-refractivity contribution in [1.82, 2.24) is 20.1 Å². The van der Waals surface area contributed by atoms with E-state index in [0.717, 1.165) is 17.1 Å². The molecule has 25 heavy (non-hydrogen) atoms. The first kappa shape index (κ1) is 16.3. The highest BCUT2D eigenvalue weighted by molar-refractivity contribution is 7.71. The van der Waals surface area contributed by atoms with Gasteiger partial charge in [-0.05, 0) is 61.7 Å². The topological polar surface area (TPSA) is 71.9 Å². The van der Waals surface area contributed by atoms with E-state index in [-0.39, 0.29) is 5.91 Å². The molecule has 1 aromatic carbocycles.